The van der Waals surface area contributed by atoms with E-state index < -0.39 is 16.4 Å². The van der Waals surface area contributed by atoms with Gasteiger partial charge in [-0.25, -0.2) is 0 Å². The van der Waals surface area contributed by atoms with Crippen molar-refractivity contribution < 1.29 is 18.8 Å². The fraction of sp³-hybridized carbons (Fsp3) is 0.800. The van der Waals surface area contributed by atoms with E-state index in [1.165, 1.54) is 7.11 Å². The molecule has 1 rings (SSSR count). The van der Waals surface area contributed by atoms with Crippen LogP contribution < -0.4 is 0 Å². The van der Waals surface area contributed by atoms with E-state index in [1.807, 2.05) is 0 Å². The van der Waals surface area contributed by atoms with Gasteiger partial charge in [0.25, 0.3) is 0 Å². The molecule has 3 atom stereocenters. The van der Waals surface area contributed by atoms with Crippen molar-refractivity contribution in [3.63, 3.8) is 0 Å². The lowest BCUT2D eigenvalue weighted by Crippen LogP contribution is -2.43. The smallest absolute Gasteiger partial charge is 0.316 e. The number of methoxy groups -OCH3 is 1. The molecule has 0 aromatic rings. The second kappa shape index (κ2) is 8.42. The summed E-state index contributed by atoms with van der Waals surface area (Å²) >= 11 is 0. The molecule has 1 aliphatic rings. The van der Waals surface area contributed by atoms with E-state index in [0.717, 1.165) is 24.9 Å². The molecule has 0 unspecified atom stereocenters. The van der Waals surface area contributed by atoms with Crippen molar-refractivity contribution in [3.8, 4) is 0 Å². The maximum Gasteiger partial charge on any atom is 0.316 e. The van der Waals surface area contributed by atoms with E-state index in [0.29, 0.717) is 6.42 Å². The van der Waals surface area contributed by atoms with Crippen LogP contribution in [0.25, 0.3) is 0 Å². The molecule has 0 aliphatic heterocycles. The van der Waals surface area contributed by atoms with E-state index in [2.05, 4.69) is 59.6 Å². The van der Waals surface area contributed by atoms with Crippen molar-refractivity contribution in [2.75, 3.05) is 7.11 Å². The van der Waals surface area contributed by atoms with Gasteiger partial charge in [0.1, 0.15) is 12.2 Å². The number of carbonyl (C=O) groups excluding carboxylic acids is 2. The van der Waals surface area contributed by atoms with Gasteiger partial charge in [-0.2, -0.15) is 0 Å². The molecule has 0 saturated heterocycles. The van der Waals surface area contributed by atoms with Gasteiger partial charge in [0.15, 0.2) is 0 Å². The molecule has 150 valence electrons. The molecule has 0 saturated carbocycles. The number of hydrogen-bond donors (Lipinski definition) is 0. The Morgan fingerprint density at radius 1 is 1.15 bits per heavy atom. The average molecular weight is 399 g/mol. The molecule has 0 fully saturated rings. The number of carbonyl (C=O) groups is 2. The number of hydrogen-bond acceptors (Lipinski definition) is 4. The monoisotopic (exact) mass is 398 g/mol. The molecule has 0 spiro atoms. The average Bonchev–Trinajstić information content (AvgIpc) is 2.47. The third kappa shape index (κ3) is 5.55. The molecule has 0 heterocycles. The van der Waals surface area contributed by atoms with Crippen molar-refractivity contribution in [2.45, 2.75) is 83.3 Å². The van der Waals surface area contributed by atoms with Gasteiger partial charge in [-0.1, -0.05) is 46.8 Å². The first-order chi connectivity index (χ1) is 11.7. The van der Waals surface area contributed by atoms with Crippen molar-refractivity contribution in [1.82, 2.24) is 0 Å². The van der Waals surface area contributed by atoms with Crippen LogP contribution in [0.15, 0.2) is 11.8 Å². The van der Waals surface area contributed by atoms with Gasteiger partial charge in [0.2, 0.25) is 8.32 Å². The normalized spacial score (nSPS) is 27.6. The summed E-state index contributed by atoms with van der Waals surface area (Å²) in [6, 6.07) is 0. The van der Waals surface area contributed by atoms with Gasteiger partial charge in [0, 0.05) is 5.92 Å². The predicted octanol–water partition coefficient (Wildman–Crippen LogP) is 5.39. The molecule has 6 heteroatoms. The third-order valence-electron chi connectivity index (χ3n) is 6.02. The second-order valence-corrected chi connectivity index (χ2v) is 20.3. The summed E-state index contributed by atoms with van der Waals surface area (Å²) in [6.45, 7) is 17.8. The van der Waals surface area contributed by atoms with Crippen LogP contribution in [0.1, 0.15) is 40.0 Å². The van der Waals surface area contributed by atoms with Crippen molar-refractivity contribution >= 4 is 28.6 Å². The Hall–Kier alpha value is -0.886. The van der Waals surface area contributed by atoms with Gasteiger partial charge in [-0.05, 0) is 42.6 Å². The van der Waals surface area contributed by atoms with Crippen LogP contribution >= 0.6 is 0 Å². The minimum absolute atomic E-state index is 0.0123. The number of allylic oxidation sites excluding steroid dienone is 1. The Balaban J connectivity index is 3.46. The molecule has 1 aliphatic carbocycles. The number of esters is 1. The first kappa shape index (κ1) is 23.2. The molecule has 0 N–H and O–H groups in total. The van der Waals surface area contributed by atoms with Crippen LogP contribution in [0.3, 0.4) is 0 Å². The van der Waals surface area contributed by atoms with Crippen LogP contribution in [0.2, 0.25) is 43.3 Å². The Morgan fingerprint density at radius 2 is 1.73 bits per heavy atom. The largest absolute Gasteiger partial charge is 0.546 e. The summed E-state index contributed by atoms with van der Waals surface area (Å²) in [6.07, 6.45) is 5.59. The summed E-state index contributed by atoms with van der Waals surface area (Å²) in [4.78, 5) is 24.3. The van der Waals surface area contributed by atoms with E-state index in [4.69, 9.17) is 9.16 Å². The highest BCUT2D eigenvalue weighted by Gasteiger charge is 2.43. The summed E-state index contributed by atoms with van der Waals surface area (Å²) in [5.41, 5.74) is 0.173. The Morgan fingerprint density at radius 3 is 2.15 bits per heavy atom. The van der Waals surface area contributed by atoms with Gasteiger partial charge in [-0.3, -0.25) is 4.79 Å². The first-order valence-corrected chi connectivity index (χ1v) is 16.2. The highest BCUT2D eigenvalue weighted by Crippen LogP contribution is 2.43. The zero-order valence-corrected chi connectivity index (χ0v) is 20.1. The second-order valence-electron chi connectivity index (χ2n) is 10.1. The summed E-state index contributed by atoms with van der Waals surface area (Å²) < 4.78 is 11.7. The van der Waals surface area contributed by atoms with Gasteiger partial charge >= 0.3 is 5.97 Å². The first-order valence-electron chi connectivity index (χ1n) is 9.68. The lowest BCUT2D eigenvalue weighted by Gasteiger charge is -2.41. The van der Waals surface area contributed by atoms with Crippen LogP contribution in [0, 0.1) is 11.8 Å². The molecular formula is C20H38O4Si2. The number of aldehydes is 1. The predicted molar refractivity (Wildman–Crippen MR) is 112 cm³/mol. The topological polar surface area (TPSA) is 52.6 Å². The van der Waals surface area contributed by atoms with Gasteiger partial charge < -0.3 is 14.0 Å². The number of rotatable bonds is 5. The standard InChI is InChI=1S/C20H38O4Si2/c1-20(2,3)26(8,9)24-17-13-18(25(5,6)7)15(14-21)11-10-12-16(17)19(22)23-4/h13-16,18H,10-12H2,1-9H3/b17-13+/t15-,16-,18-/m0/s1. The fourth-order valence-corrected chi connectivity index (χ4v) is 6.57. The third-order valence-corrected chi connectivity index (χ3v) is 13.0. The molecule has 0 radical (unpaired) electrons. The van der Waals surface area contributed by atoms with Crippen LogP contribution in [-0.2, 0) is 18.8 Å². The molecule has 0 amide bonds. The Labute approximate surface area is 161 Å². The minimum atomic E-state index is -2.10. The fourth-order valence-electron chi connectivity index (χ4n) is 3.27. The highest BCUT2D eigenvalue weighted by atomic mass is 28.4. The van der Waals surface area contributed by atoms with E-state index in [-0.39, 0.29) is 28.4 Å². The van der Waals surface area contributed by atoms with Crippen LogP contribution in [0.4, 0.5) is 0 Å². The number of ether oxygens (including phenoxy) is 1. The SMILES string of the molecule is COC(=O)[C@H]1CCC[C@@H](C=O)[C@@H]([Si](C)(C)C)/C=C\1O[Si](C)(C)C(C)(C)C. The van der Waals surface area contributed by atoms with Gasteiger partial charge in [-0.15, -0.1) is 0 Å². The highest BCUT2D eigenvalue weighted by molar-refractivity contribution is 6.78. The zero-order valence-electron chi connectivity index (χ0n) is 18.1. The summed E-state index contributed by atoms with van der Waals surface area (Å²) in [5.74, 6) is 0.176. The van der Waals surface area contributed by atoms with E-state index in [9.17, 15) is 9.59 Å². The molecule has 0 aromatic carbocycles. The molecule has 0 aromatic heterocycles. The molecule has 0 bridgehead atoms. The van der Waals surface area contributed by atoms with Crippen molar-refractivity contribution in [3.05, 3.63) is 11.8 Å². The quantitative estimate of drug-likeness (QED) is 0.354. The Bertz CT molecular complexity index is 541. The minimum Gasteiger partial charge on any atom is -0.546 e. The van der Waals surface area contributed by atoms with E-state index >= 15 is 0 Å². The Kier molecular flexibility index (Phi) is 7.50. The molecule has 4 nitrogen and oxygen atoms in total. The molecular weight excluding hydrogens is 360 g/mol. The molecule has 26 heavy (non-hydrogen) atoms. The maximum absolute atomic E-state index is 12.5. The van der Waals surface area contributed by atoms with Crippen LogP contribution in [-0.4, -0.2) is 35.8 Å². The van der Waals surface area contributed by atoms with Crippen molar-refractivity contribution in [1.29, 1.82) is 0 Å². The summed E-state index contributed by atoms with van der Waals surface area (Å²) in [5, 5.41) is 0.0373. The maximum atomic E-state index is 12.5. The zero-order chi connectivity index (χ0) is 20.3. The lowest BCUT2D eigenvalue weighted by molar-refractivity contribution is -0.145. The summed E-state index contributed by atoms with van der Waals surface area (Å²) in [7, 11) is -2.32. The van der Waals surface area contributed by atoms with Gasteiger partial charge in [0.05, 0.1) is 20.9 Å². The van der Waals surface area contributed by atoms with E-state index in [1.54, 1.807) is 0 Å². The van der Waals surface area contributed by atoms with Crippen molar-refractivity contribution in [2.24, 2.45) is 11.8 Å². The van der Waals surface area contributed by atoms with Crippen LogP contribution in [0.5, 0.6) is 0 Å². The lowest BCUT2D eigenvalue weighted by atomic mass is 9.89.